The number of hydrogen-bond donors (Lipinski definition) is 2. The molecule has 1 aromatic heterocycles. The lowest BCUT2D eigenvalue weighted by Crippen LogP contribution is -2.38. The van der Waals surface area contributed by atoms with Crippen LogP contribution < -0.4 is 10.3 Å². The molecule has 3 rings (SSSR count). The molecule has 2 atom stereocenters. The summed E-state index contributed by atoms with van der Waals surface area (Å²) in [5.41, 5.74) is 7.86. The van der Waals surface area contributed by atoms with Crippen molar-refractivity contribution in [1.82, 2.24) is 9.88 Å². The van der Waals surface area contributed by atoms with Gasteiger partial charge in [0.25, 0.3) is 0 Å². The van der Waals surface area contributed by atoms with Crippen LogP contribution in [-0.4, -0.2) is 66.9 Å². The first-order chi connectivity index (χ1) is 19.8. The molecular weight excluding hydrogens is 514 g/mol. The lowest BCUT2D eigenvalue weighted by atomic mass is 9.90. The van der Waals surface area contributed by atoms with Gasteiger partial charge in [0.15, 0.2) is 0 Å². The lowest BCUT2D eigenvalue weighted by molar-refractivity contribution is 0.120. The second-order valence-corrected chi connectivity index (χ2v) is 10.5. The molecule has 1 heterocycles. The summed E-state index contributed by atoms with van der Waals surface area (Å²) in [5, 5.41) is 20.7. The van der Waals surface area contributed by atoms with Crippen molar-refractivity contribution in [3.8, 4) is 0 Å². The van der Waals surface area contributed by atoms with E-state index in [1.165, 1.54) is 5.57 Å². The highest BCUT2D eigenvalue weighted by molar-refractivity contribution is 5.68. The first kappa shape index (κ1) is 32.5. The topological polar surface area (TPSA) is 82.5 Å². The number of aromatic nitrogens is 1. The van der Waals surface area contributed by atoms with Gasteiger partial charge in [0, 0.05) is 38.2 Å². The van der Waals surface area contributed by atoms with Gasteiger partial charge in [-0.25, -0.2) is 5.01 Å². The minimum atomic E-state index is -0.893. The Hall–Kier alpha value is -3.04. The number of methoxy groups -OCH3 is 1. The number of anilines is 2. The van der Waals surface area contributed by atoms with Gasteiger partial charge in [0.05, 0.1) is 36.5 Å². The number of rotatable bonds is 15. The predicted octanol–water partition coefficient (Wildman–Crippen LogP) is 6.37. The minimum absolute atomic E-state index is 0.554. The molecule has 0 amide bonds. The average molecular weight is 564 g/mol. The number of aryl methyl sites for hydroxylation is 1. The van der Waals surface area contributed by atoms with Crippen molar-refractivity contribution < 1.29 is 14.6 Å². The van der Waals surface area contributed by atoms with Crippen molar-refractivity contribution >= 4 is 23.2 Å². The number of hydrogen-bond acceptors (Lipinski definition) is 8. The van der Waals surface area contributed by atoms with Crippen LogP contribution in [0.3, 0.4) is 0 Å². The first-order valence-corrected chi connectivity index (χ1v) is 14.8. The normalized spacial score (nSPS) is 17.0. The summed E-state index contributed by atoms with van der Waals surface area (Å²) < 4.78 is 10.8. The summed E-state index contributed by atoms with van der Waals surface area (Å²) in [4.78, 5) is 7.31. The zero-order chi connectivity index (χ0) is 29.8. The maximum atomic E-state index is 11.1. The Labute approximate surface area is 246 Å². The first-order valence-electron chi connectivity index (χ1n) is 14.8. The van der Waals surface area contributed by atoms with Crippen LogP contribution in [0.4, 0.5) is 11.4 Å². The van der Waals surface area contributed by atoms with Crippen molar-refractivity contribution in [3.05, 3.63) is 70.7 Å². The maximum absolute atomic E-state index is 11.1. The van der Waals surface area contributed by atoms with E-state index >= 15 is 0 Å². The summed E-state index contributed by atoms with van der Waals surface area (Å²) in [7, 11) is 1.76. The van der Waals surface area contributed by atoms with Gasteiger partial charge in [-0.15, -0.1) is 0 Å². The Bertz CT molecular complexity index is 1190. The zero-order valence-corrected chi connectivity index (χ0v) is 26.0. The molecule has 8 heteroatoms. The molecule has 0 aliphatic heterocycles. The number of allylic oxidation sites excluding steroid dienone is 2. The molecule has 0 spiro atoms. The molecule has 0 saturated heterocycles. The number of benzene rings is 1. The van der Waals surface area contributed by atoms with Crippen molar-refractivity contribution in [3.63, 3.8) is 0 Å². The number of likely N-dealkylation sites (N-methyl/N-ethyl adjacent to an activating group) is 1. The number of aliphatic hydroxyl groups excluding tert-OH is 1. The van der Waals surface area contributed by atoms with Gasteiger partial charge in [-0.2, -0.15) is 5.10 Å². The van der Waals surface area contributed by atoms with Crippen LogP contribution >= 0.6 is 0 Å². The second-order valence-electron chi connectivity index (χ2n) is 10.5. The third-order valence-corrected chi connectivity index (χ3v) is 7.76. The Morgan fingerprint density at radius 2 is 2.00 bits per heavy atom. The van der Waals surface area contributed by atoms with Crippen LogP contribution in [0.2, 0.25) is 0 Å². The lowest BCUT2D eigenvalue weighted by Gasteiger charge is -2.33. The third kappa shape index (κ3) is 8.97. The van der Waals surface area contributed by atoms with Crippen molar-refractivity contribution in [1.29, 1.82) is 0 Å². The molecule has 224 valence electrons. The van der Waals surface area contributed by atoms with Gasteiger partial charge in [0.2, 0.25) is 0 Å². The molecule has 1 aliphatic rings. The molecule has 0 bridgehead atoms. The largest absolute Gasteiger partial charge is 0.383 e. The van der Waals surface area contributed by atoms with E-state index in [2.05, 4.69) is 41.3 Å². The van der Waals surface area contributed by atoms with E-state index in [1.54, 1.807) is 13.3 Å². The molecule has 0 saturated carbocycles. The van der Waals surface area contributed by atoms with E-state index in [0.717, 1.165) is 78.4 Å². The molecule has 1 aliphatic carbocycles. The van der Waals surface area contributed by atoms with Gasteiger partial charge in [0.1, 0.15) is 6.23 Å². The Morgan fingerprint density at radius 1 is 1.24 bits per heavy atom. The Balaban J connectivity index is 1.70. The van der Waals surface area contributed by atoms with Gasteiger partial charge < -0.3 is 19.9 Å². The molecule has 2 aromatic rings. The maximum Gasteiger partial charge on any atom is 0.148 e. The van der Waals surface area contributed by atoms with E-state index in [0.29, 0.717) is 19.3 Å². The van der Waals surface area contributed by atoms with Gasteiger partial charge in [-0.05, 0) is 101 Å². The molecular formula is C33H49N5O3. The number of aliphatic hydroxyl groups is 1. The summed E-state index contributed by atoms with van der Waals surface area (Å²) in [6, 6.07) is 10.7. The van der Waals surface area contributed by atoms with Gasteiger partial charge in [-0.1, -0.05) is 25.1 Å². The highest BCUT2D eigenvalue weighted by Crippen LogP contribution is 2.31. The van der Waals surface area contributed by atoms with Crippen LogP contribution in [0.15, 0.2) is 59.0 Å². The Kier molecular flexibility index (Phi) is 13.0. The quantitative estimate of drug-likeness (QED) is 0.148. The number of ether oxygens (including phenoxy) is 2. The summed E-state index contributed by atoms with van der Waals surface area (Å²) in [6.07, 6.45) is 8.19. The number of nitrogens with zero attached hydrogens (tertiary/aromatic N) is 4. The standard InChI is InChI=1S/C33H49N5O3/c1-8-35-38(31-15-11-27(12-16-31)23-41-10-3)26(6)25(5)33(39)36-29-21-24(4)32(34-22-29)28-13-17-30(18-14-28)37(9-2)19-20-40-7/h8,11-13,15-16,21-22,30,33,36,39H,9-10,14,17-20,23H2,1-7H3/b26-25+,35-8-/t30?,33-/m1/s1. The van der Waals surface area contributed by atoms with E-state index < -0.39 is 6.23 Å². The van der Waals surface area contributed by atoms with Crippen molar-refractivity contribution in [2.24, 2.45) is 5.10 Å². The van der Waals surface area contributed by atoms with Gasteiger partial charge in [-0.3, -0.25) is 9.88 Å². The average Bonchev–Trinajstić information content (AvgIpc) is 2.99. The summed E-state index contributed by atoms with van der Waals surface area (Å²) in [6.45, 7) is 16.1. The summed E-state index contributed by atoms with van der Waals surface area (Å²) in [5.74, 6) is 0. The van der Waals surface area contributed by atoms with E-state index in [4.69, 9.17) is 14.5 Å². The fourth-order valence-corrected chi connectivity index (χ4v) is 5.21. The van der Waals surface area contributed by atoms with E-state index in [1.807, 2.05) is 63.2 Å². The van der Waals surface area contributed by atoms with Crippen molar-refractivity contribution in [2.75, 3.05) is 43.7 Å². The smallest absolute Gasteiger partial charge is 0.148 e. The van der Waals surface area contributed by atoms with Gasteiger partial charge >= 0.3 is 0 Å². The van der Waals surface area contributed by atoms with E-state index in [-0.39, 0.29) is 0 Å². The second kappa shape index (κ2) is 16.4. The fraction of sp³-hybridized carbons (Fsp3) is 0.515. The zero-order valence-electron chi connectivity index (χ0n) is 26.0. The molecule has 1 unspecified atom stereocenters. The minimum Gasteiger partial charge on any atom is -0.383 e. The SMILES string of the molecule is C/C=N\N(/C(C)=C(\C)[C@@H](O)Nc1cnc(C2=CCC(N(CC)CCOC)CC2)c(C)c1)c1ccc(COCC)cc1. The number of hydrazone groups is 1. The molecule has 2 N–H and O–H groups in total. The highest BCUT2D eigenvalue weighted by atomic mass is 16.5. The fourth-order valence-electron chi connectivity index (χ4n) is 5.21. The van der Waals surface area contributed by atoms with Crippen LogP contribution in [0, 0.1) is 6.92 Å². The highest BCUT2D eigenvalue weighted by Gasteiger charge is 2.22. The molecule has 0 radical (unpaired) electrons. The van der Waals surface area contributed by atoms with Crippen LogP contribution in [-0.2, 0) is 16.1 Å². The van der Waals surface area contributed by atoms with Crippen molar-refractivity contribution in [2.45, 2.75) is 79.7 Å². The number of pyridine rings is 1. The van der Waals surface area contributed by atoms with Crippen LogP contribution in [0.5, 0.6) is 0 Å². The van der Waals surface area contributed by atoms with E-state index in [9.17, 15) is 5.11 Å². The monoisotopic (exact) mass is 563 g/mol. The molecule has 1 aromatic carbocycles. The third-order valence-electron chi connectivity index (χ3n) is 7.76. The molecule has 8 nitrogen and oxygen atoms in total. The molecule has 0 fully saturated rings. The van der Waals surface area contributed by atoms with Crippen LogP contribution in [0.25, 0.3) is 5.57 Å². The van der Waals surface area contributed by atoms with Crippen LogP contribution in [0.1, 0.15) is 70.7 Å². The summed E-state index contributed by atoms with van der Waals surface area (Å²) >= 11 is 0. The predicted molar refractivity (Wildman–Crippen MR) is 170 cm³/mol. The Morgan fingerprint density at radius 3 is 2.59 bits per heavy atom. The molecule has 41 heavy (non-hydrogen) atoms. The number of nitrogens with one attached hydrogen (secondary N) is 1.